The summed E-state index contributed by atoms with van der Waals surface area (Å²) in [7, 11) is 0. The van der Waals surface area contributed by atoms with E-state index in [0.29, 0.717) is 18.6 Å². The van der Waals surface area contributed by atoms with Crippen LogP contribution in [0.15, 0.2) is 4.99 Å². The van der Waals surface area contributed by atoms with E-state index in [1.807, 2.05) is 0 Å². The van der Waals surface area contributed by atoms with Gasteiger partial charge in [-0.2, -0.15) is 0 Å². The van der Waals surface area contributed by atoms with Crippen LogP contribution in [0, 0.1) is 0 Å². The Balaban J connectivity index is 1.83. The molecule has 0 bridgehead atoms. The van der Waals surface area contributed by atoms with Gasteiger partial charge in [0.2, 0.25) is 0 Å². The molecule has 2 fully saturated rings. The van der Waals surface area contributed by atoms with E-state index in [2.05, 4.69) is 34.4 Å². The molecule has 3 N–H and O–H groups in total. The summed E-state index contributed by atoms with van der Waals surface area (Å²) in [6.45, 7) is 6.92. The lowest BCUT2D eigenvalue weighted by Gasteiger charge is -2.20. The quantitative estimate of drug-likeness (QED) is 0.483. The van der Waals surface area contributed by atoms with Crippen molar-refractivity contribution >= 4 is 5.96 Å². The van der Waals surface area contributed by atoms with Crippen molar-refractivity contribution < 1.29 is 5.11 Å². The molecular formula is C13H26N4O. The molecule has 2 atom stereocenters. The molecule has 0 radical (unpaired) electrons. The average Bonchev–Trinajstić information content (AvgIpc) is 3.12. The average molecular weight is 254 g/mol. The highest BCUT2D eigenvalue weighted by atomic mass is 16.3. The van der Waals surface area contributed by atoms with Crippen molar-refractivity contribution in [1.29, 1.82) is 0 Å². The summed E-state index contributed by atoms with van der Waals surface area (Å²) in [5, 5.41) is 15.5. The standard InChI is InChI=1S/C13H26N4O/c1-3-14-13(15-6-7-18)16-11-8-10(2)17(9-11)12-4-5-12/h10-12,18H,3-9H2,1-2H3,(H2,14,15,16). The van der Waals surface area contributed by atoms with Crippen LogP contribution < -0.4 is 10.6 Å². The highest BCUT2D eigenvalue weighted by Gasteiger charge is 2.38. The minimum atomic E-state index is 0.103. The third-order valence-corrected chi connectivity index (χ3v) is 3.69. The number of rotatable bonds is 5. The number of likely N-dealkylation sites (tertiary alicyclic amines) is 1. The summed E-state index contributed by atoms with van der Waals surface area (Å²) in [6.07, 6.45) is 3.92. The Morgan fingerprint density at radius 2 is 2.22 bits per heavy atom. The van der Waals surface area contributed by atoms with Crippen LogP contribution in [0.3, 0.4) is 0 Å². The monoisotopic (exact) mass is 254 g/mol. The smallest absolute Gasteiger partial charge is 0.191 e. The highest BCUT2D eigenvalue weighted by Crippen LogP contribution is 2.33. The number of aliphatic hydroxyl groups excluding tert-OH is 1. The Labute approximate surface area is 110 Å². The van der Waals surface area contributed by atoms with Crippen LogP contribution in [0.4, 0.5) is 0 Å². The van der Waals surface area contributed by atoms with Crippen LogP contribution in [-0.4, -0.2) is 60.3 Å². The van der Waals surface area contributed by atoms with Crippen LogP contribution in [0.25, 0.3) is 0 Å². The molecule has 2 aliphatic rings. The third-order valence-electron chi connectivity index (χ3n) is 3.69. The summed E-state index contributed by atoms with van der Waals surface area (Å²) < 4.78 is 0. The van der Waals surface area contributed by atoms with Crippen molar-refractivity contribution in [3.05, 3.63) is 0 Å². The summed E-state index contributed by atoms with van der Waals surface area (Å²) >= 11 is 0. The van der Waals surface area contributed by atoms with E-state index in [1.54, 1.807) is 0 Å². The van der Waals surface area contributed by atoms with Gasteiger partial charge in [0.1, 0.15) is 0 Å². The normalized spacial score (nSPS) is 29.6. The fourth-order valence-electron chi connectivity index (χ4n) is 2.75. The molecule has 18 heavy (non-hydrogen) atoms. The predicted molar refractivity (Wildman–Crippen MR) is 73.8 cm³/mol. The maximum absolute atomic E-state index is 8.84. The second-order valence-electron chi connectivity index (χ2n) is 5.34. The second kappa shape index (κ2) is 6.38. The maximum Gasteiger partial charge on any atom is 0.191 e. The molecule has 104 valence electrons. The molecule has 5 heteroatoms. The first-order valence-corrected chi connectivity index (χ1v) is 7.16. The lowest BCUT2D eigenvalue weighted by Crippen LogP contribution is -2.44. The van der Waals surface area contributed by atoms with Crippen molar-refractivity contribution in [3.8, 4) is 0 Å². The first-order chi connectivity index (χ1) is 8.74. The third kappa shape index (κ3) is 3.59. The number of aliphatic imine (C=N–C) groups is 1. The molecule has 1 heterocycles. The molecule has 2 unspecified atom stereocenters. The fourth-order valence-corrected chi connectivity index (χ4v) is 2.75. The molecule has 5 nitrogen and oxygen atoms in total. The van der Waals surface area contributed by atoms with Gasteiger partial charge >= 0.3 is 0 Å². The first-order valence-electron chi connectivity index (χ1n) is 7.16. The van der Waals surface area contributed by atoms with Gasteiger partial charge in [-0.1, -0.05) is 0 Å². The van der Waals surface area contributed by atoms with Crippen LogP contribution >= 0.6 is 0 Å². The molecule has 1 aliphatic heterocycles. The van der Waals surface area contributed by atoms with Crippen molar-refractivity contribution in [2.45, 2.75) is 51.2 Å². The Hall–Kier alpha value is -0.810. The predicted octanol–water partition coefficient (Wildman–Crippen LogP) is 0.159. The van der Waals surface area contributed by atoms with Crippen molar-refractivity contribution in [3.63, 3.8) is 0 Å². The van der Waals surface area contributed by atoms with E-state index in [4.69, 9.17) is 5.11 Å². The van der Waals surface area contributed by atoms with Gasteiger partial charge in [0.05, 0.1) is 13.2 Å². The SMILES string of the molecule is CCNC(=NCCO)NC1CC(C)N(C2CC2)C1. The molecule has 0 aromatic heterocycles. The lowest BCUT2D eigenvalue weighted by atomic mass is 10.2. The van der Waals surface area contributed by atoms with Gasteiger partial charge in [0.25, 0.3) is 0 Å². The number of nitrogens with zero attached hydrogens (tertiary/aromatic N) is 2. The molecule has 0 spiro atoms. The number of guanidine groups is 1. The lowest BCUT2D eigenvalue weighted by molar-refractivity contribution is 0.256. The molecule has 0 aromatic carbocycles. The van der Waals surface area contributed by atoms with E-state index in [1.165, 1.54) is 19.3 Å². The van der Waals surface area contributed by atoms with Gasteiger partial charge < -0.3 is 15.7 Å². The van der Waals surface area contributed by atoms with Crippen molar-refractivity contribution in [2.24, 2.45) is 4.99 Å². The summed E-state index contributed by atoms with van der Waals surface area (Å²) in [5.74, 6) is 0.835. The Kier molecular flexibility index (Phi) is 4.83. The van der Waals surface area contributed by atoms with E-state index in [0.717, 1.165) is 25.1 Å². The summed E-state index contributed by atoms with van der Waals surface area (Å²) in [4.78, 5) is 6.95. The molecule has 2 rings (SSSR count). The molecule has 0 aromatic rings. The minimum absolute atomic E-state index is 0.103. The maximum atomic E-state index is 8.84. The number of aliphatic hydroxyl groups is 1. The van der Waals surface area contributed by atoms with Crippen LogP contribution in [0.1, 0.15) is 33.1 Å². The minimum Gasteiger partial charge on any atom is -0.394 e. The van der Waals surface area contributed by atoms with Crippen molar-refractivity contribution in [2.75, 3.05) is 26.2 Å². The zero-order valence-electron chi connectivity index (χ0n) is 11.5. The van der Waals surface area contributed by atoms with Gasteiger partial charge in [-0.05, 0) is 33.1 Å². The Morgan fingerprint density at radius 3 is 2.83 bits per heavy atom. The molecule has 0 amide bonds. The van der Waals surface area contributed by atoms with E-state index in [-0.39, 0.29) is 6.61 Å². The van der Waals surface area contributed by atoms with Gasteiger partial charge in [-0.3, -0.25) is 9.89 Å². The molecule has 1 saturated carbocycles. The van der Waals surface area contributed by atoms with Gasteiger partial charge in [-0.15, -0.1) is 0 Å². The Bertz CT molecular complexity index is 291. The Morgan fingerprint density at radius 1 is 1.44 bits per heavy atom. The number of nitrogens with one attached hydrogen (secondary N) is 2. The van der Waals surface area contributed by atoms with E-state index >= 15 is 0 Å². The topological polar surface area (TPSA) is 59.9 Å². The van der Waals surface area contributed by atoms with E-state index < -0.39 is 0 Å². The van der Waals surface area contributed by atoms with Crippen LogP contribution in [0.2, 0.25) is 0 Å². The number of hydrogen-bond donors (Lipinski definition) is 3. The second-order valence-corrected chi connectivity index (χ2v) is 5.34. The summed E-state index contributed by atoms with van der Waals surface area (Å²) in [5.41, 5.74) is 0. The zero-order chi connectivity index (χ0) is 13.0. The van der Waals surface area contributed by atoms with Gasteiger partial charge in [0.15, 0.2) is 5.96 Å². The first kappa shape index (κ1) is 13.6. The summed E-state index contributed by atoms with van der Waals surface area (Å²) in [6, 6.07) is 2.00. The van der Waals surface area contributed by atoms with Gasteiger partial charge in [-0.25, -0.2) is 0 Å². The molecule has 1 saturated heterocycles. The fraction of sp³-hybridized carbons (Fsp3) is 0.923. The van der Waals surface area contributed by atoms with Crippen LogP contribution in [0.5, 0.6) is 0 Å². The molecular weight excluding hydrogens is 228 g/mol. The highest BCUT2D eigenvalue weighted by molar-refractivity contribution is 5.80. The largest absolute Gasteiger partial charge is 0.394 e. The zero-order valence-corrected chi connectivity index (χ0v) is 11.5. The van der Waals surface area contributed by atoms with Crippen LogP contribution in [-0.2, 0) is 0 Å². The van der Waals surface area contributed by atoms with Gasteiger partial charge in [0, 0.05) is 31.2 Å². The molecule has 1 aliphatic carbocycles. The van der Waals surface area contributed by atoms with Crippen molar-refractivity contribution in [1.82, 2.24) is 15.5 Å². The number of hydrogen-bond acceptors (Lipinski definition) is 3. The van der Waals surface area contributed by atoms with E-state index in [9.17, 15) is 0 Å².